The Morgan fingerprint density at radius 2 is 2.24 bits per heavy atom. The maximum atomic E-state index is 10.8. The monoisotopic (exact) mass is 235 g/mol. The Morgan fingerprint density at radius 3 is 2.88 bits per heavy atom. The third kappa shape index (κ3) is 3.01. The Balaban J connectivity index is 1.97. The molecular weight excluding hydrogens is 218 g/mol. The highest BCUT2D eigenvalue weighted by molar-refractivity contribution is 5.39. The number of hydrogen-bond acceptors (Lipinski definition) is 4. The third-order valence-electron chi connectivity index (χ3n) is 3.19. The number of rotatable bonds is 4. The Morgan fingerprint density at radius 1 is 1.47 bits per heavy atom. The molecule has 5 nitrogen and oxygen atoms in total. The molecule has 1 aliphatic rings. The van der Waals surface area contributed by atoms with E-state index >= 15 is 0 Å². The van der Waals surface area contributed by atoms with E-state index in [4.69, 9.17) is 5.73 Å². The lowest BCUT2D eigenvalue weighted by molar-refractivity contribution is -0.385. The summed E-state index contributed by atoms with van der Waals surface area (Å²) in [6.07, 6.45) is 1.74. The van der Waals surface area contributed by atoms with Crippen LogP contribution in [0.15, 0.2) is 24.3 Å². The lowest BCUT2D eigenvalue weighted by atomic mass is 10.1. The van der Waals surface area contributed by atoms with Gasteiger partial charge in [-0.3, -0.25) is 10.1 Å². The Bertz CT molecular complexity index is 408. The van der Waals surface area contributed by atoms with Gasteiger partial charge in [-0.25, -0.2) is 0 Å². The number of hydrogen-bond donors (Lipinski definition) is 1. The minimum absolute atomic E-state index is 0.219. The van der Waals surface area contributed by atoms with E-state index in [9.17, 15) is 10.1 Å². The second-order valence-corrected chi connectivity index (χ2v) is 4.49. The number of para-hydroxylation sites is 1. The number of nitrogens with zero attached hydrogens (tertiary/aromatic N) is 2. The summed E-state index contributed by atoms with van der Waals surface area (Å²) in [5.41, 5.74) is 6.84. The molecular formula is C12H17N3O2. The molecule has 2 N–H and O–H groups in total. The zero-order valence-electron chi connectivity index (χ0n) is 9.71. The number of likely N-dealkylation sites (tertiary alicyclic amines) is 1. The second kappa shape index (κ2) is 5.25. The first-order chi connectivity index (χ1) is 8.16. The first-order valence-corrected chi connectivity index (χ1v) is 5.87. The first-order valence-electron chi connectivity index (χ1n) is 5.87. The minimum Gasteiger partial charge on any atom is -0.326 e. The number of nitro benzene ring substituents is 1. The summed E-state index contributed by atoms with van der Waals surface area (Å²) < 4.78 is 0. The fourth-order valence-electron chi connectivity index (χ4n) is 2.24. The van der Waals surface area contributed by atoms with Crippen molar-refractivity contribution in [3.05, 3.63) is 39.9 Å². The Hall–Kier alpha value is -1.46. The first kappa shape index (κ1) is 12.0. The van der Waals surface area contributed by atoms with Crippen molar-refractivity contribution >= 4 is 5.69 Å². The highest BCUT2D eigenvalue weighted by Crippen LogP contribution is 2.19. The summed E-state index contributed by atoms with van der Waals surface area (Å²) in [5, 5.41) is 10.8. The summed E-state index contributed by atoms with van der Waals surface area (Å²) in [6.45, 7) is 2.75. The van der Waals surface area contributed by atoms with E-state index in [0.717, 1.165) is 31.6 Å². The zero-order valence-corrected chi connectivity index (χ0v) is 9.71. The topological polar surface area (TPSA) is 72.4 Å². The minimum atomic E-state index is -0.314. The molecule has 92 valence electrons. The molecule has 0 aromatic heterocycles. The molecule has 1 saturated heterocycles. The van der Waals surface area contributed by atoms with Crippen LogP contribution in [0, 0.1) is 10.1 Å². The largest absolute Gasteiger partial charge is 0.326 e. The molecule has 0 radical (unpaired) electrons. The molecule has 0 aliphatic carbocycles. The van der Waals surface area contributed by atoms with Crippen LogP contribution in [0.25, 0.3) is 0 Å². The molecule has 1 aliphatic heterocycles. The fraction of sp³-hybridized carbons (Fsp3) is 0.500. The smallest absolute Gasteiger partial charge is 0.272 e. The molecule has 0 spiro atoms. The van der Waals surface area contributed by atoms with Crippen LogP contribution < -0.4 is 5.73 Å². The van der Waals surface area contributed by atoms with Crippen molar-refractivity contribution in [1.82, 2.24) is 4.90 Å². The van der Waals surface area contributed by atoms with Gasteiger partial charge in [-0.05, 0) is 19.4 Å². The van der Waals surface area contributed by atoms with Gasteiger partial charge >= 0.3 is 0 Å². The van der Waals surface area contributed by atoms with Gasteiger partial charge in [0.15, 0.2) is 0 Å². The predicted octanol–water partition coefficient (Wildman–Crippen LogP) is 1.17. The third-order valence-corrected chi connectivity index (χ3v) is 3.19. The average Bonchev–Trinajstić information content (AvgIpc) is 2.73. The van der Waals surface area contributed by atoms with Crippen LogP contribution >= 0.6 is 0 Å². The lowest BCUT2D eigenvalue weighted by Gasteiger charge is -2.14. The van der Waals surface area contributed by atoms with Crippen LogP contribution in [0.5, 0.6) is 0 Å². The van der Waals surface area contributed by atoms with E-state index in [0.29, 0.717) is 6.42 Å². The van der Waals surface area contributed by atoms with Crippen LogP contribution in [0.3, 0.4) is 0 Å². The van der Waals surface area contributed by atoms with Crippen molar-refractivity contribution in [2.24, 2.45) is 5.73 Å². The van der Waals surface area contributed by atoms with Gasteiger partial charge in [0.25, 0.3) is 5.69 Å². The van der Waals surface area contributed by atoms with Crippen LogP contribution in [-0.2, 0) is 6.42 Å². The Labute approximate surface area is 100 Å². The molecule has 1 aromatic carbocycles. The fourth-order valence-corrected chi connectivity index (χ4v) is 2.24. The highest BCUT2D eigenvalue weighted by Gasteiger charge is 2.20. The van der Waals surface area contributed by atoms with E-state index in [-0.39, 0.29) is 16.7 Å². The van der Waals surface area contributed by atoms with Crippen molar-refractivity contribution in [2.75, 3.05) is 19.6 Å². The normalized spacial score (nSPS) is 20.6. The average molecular weight is 235 g/mol. The summed E-state index contributed by atoms with van der Waals surface area (Å²) >= 11 is 0. The summed E-state index contributed by atoms with van der Waals surface area (Å²) in [7, 11) is 0. The van der Waals surface area contributed by atoms with E-state index in [1.807, 2.05) is 12.1 Å². The molecule has 17 heavy (non-hydrogen) atoms. The summed E-state index contributed by atoms with van der Waals surface area (Å²) in [6, 6.07) is 7.20. The lowest BCUT2D eigenvalue weighted by Crippen LogP contribution is -2.28. The van der Waals surface area contributed by atoms with Gasteiger partial charge < -0.3 is 10.6 Å². The number of nitro groups is 1. The molecule has 0 saturated carbocycles. The molecule has 1 heterocycles. The number of benzene rings is 1. The van der Waals surface area contributed by atoms with Gasteiger partial charge in [0.05, 0.1) is 4.92 Å². The van der Waals surface area contributed by atoms with Crippen molar-refractivity contribution in [3.63, 3.8) is 0 Å². The summed E-state index contributed by atoms with van der Waals surface area (Å²) in [4.78, 5) is 12.8. The van der Waals surface area contributed by atoms with E-state index < -0.39 is 0 Å². The maximum Gasteiger partial charge on any atom is 0.272 e. The van der Waals surface area contributed by atoms with Crippen LogP contribution in [0.4, 0.5) is 5.69 Å². The molecule has 1 fully saturated rings. The van der Waals surface area contributed by atoms with E-state index in [1.165, 1.54) is 0 Å². The van der Waals surface area contributed by atoms with Crippen LogP contribution in [0.2, 0.25) is 0 Å². The predicted molar refractivity (Wildman–Crippen MR) is 65.8 cm³/mol. The highest BCUT2D eigenvalue weighted by atomic mass is 16.6. The number of nitrogens with two attached hydrogens (primary N) is 1. The van der Waals surface area contributed by atoms with Crippen molar-refractivity contribution in [3.8, 4) is 0 Å². The quantitative estimate of drug-likeness (QED) is 0.628. The van der Waals surface area contributed by atoms with Crippen molar-refractivity contribution in [1.29, 1.82) is 0 Å². The second-order valence-electron chi connectivity index (χ2n) is 4.49. The van der Waals surface area contributed by atoms with Gasteiger partial charge in [-0.2, -0.15) is 0 Å². The van der Waals surface area contributed by atoms with Gasteiger partial charge in [-0.1, -0.05) is 18.2 Å². The van der Waals surface area contributed by atoms with Gasteiger partial charge in [0.2, 0.25) is 0 Å². The van der Waals surface area contributed by atoms with Gasteiger partial charge in [-0.15, -0.1) is 0 Å². The van der Waals surface area contributed by atoms with E-state index in [2.05, 4.69) is 4.90 Å². The van der Waals surface area contributed by atoms with Crippen LogP contribution in [0.1, 0.15) is 12.0 Å². The van der Waals surface area contributed by atoms with Crippen molar-refractivity contribution in [2.45, 2.75) is 18.9 Å². The zero-order chi connectivity index (χ0) is 12.3. The molecule has 2 rings (SSSR count). The molecule has 5 heteroatoms. The molecule has 1 aromatic rings. The van der Waals surface area contributed by atoms with Gasteiger partial charge in [0.1, 0.15) is 0 Å². The molecule has 1 atom stereocenters. The molecule has 0 unspecified atom stereocenters. The maximum absolute atomic E-state index is 10.8. The van der Waals surface area contributed by atoms with Gasteiger partial charge in [0, 0.05) is 30.8 Å². The SMILES string of the molecule is N[C@@H]1CCN(CCc2ccccc2[N+](=O)[O-])C1. The van der Waals surface area contributed by atoms with E-state index in [1.54, 1.807) is 12.1 Å². The molecule has 0 bridgehead atoms. The van der Waals surface area contributed by atoms with Crippen molar-refractivity contribution < 1.29 is 4.92 Å². The van der Waals surface area contributed by atoms with Crippen LogP contribution in [-0.4, -0.2) is 35.5 Å². The molecule has 0 amide bonds. The standard InChI is InChI=1S/C12H17N3O2/c13-11-6-8-14(9-11)7-5-10-3-1-2-4-12(10)15(16)17/h1-4,11H,5-9,13H2/t11-/m1/s1. The summed E-state index contributed by atoms with van der Waals surface area (Å²) in [5.74, 6) is 0. The Kier molecular flexibility index (Phi) is 3.71.